The van der Waals surface area contributed by atoms with Crippen molar-refractivity contribution in [3.8, 4) is 11.5 Å². The lowest BCUT2D eigenvalue weighted by molar-refractivity contribution is 0.100. The Kier molecular flexibility index (Phi) is 3.19. The number of ether oxygens (including phenoxy) is 1. The molecule has 2 aromatic carbocycles. The van der Waals surface area contributed by atoms with E-state index in [0.717, 1.165) is 5.56 Å². The van der Waals surface area contributed by atoms with E-state index in [1.807, 2.05) is 31.2 Å². The van der Waals surface area contributed by atoms with Crippen LogP contribution in [0.15, 0.2) is 42.5 Å². The molecule has 2 aromatic rings. The van der Waals surface area contributed by atoms with Crippen LogP contribution >= 0.6 is 0 Å². The van der Waals surface area contributed by atoms with Crippen molar-refractivity contribution in [2.24, 2.45) is 5.73 Å². The second kappa shape index (κ2) is 4.79. The van der Waals surface area contributed by atoms with Crippen LogP contribution in [0.3, 0.4) is 0 Å². The van der Waals surface area contributed by atoms with Gasteiger partial charge in [0, 0.05) is 0 Å². The Morgan fingerprint density at radius 2 is 1.78 bits per heavy atom. The van der Waals surface area contributed by atoms with Crippen LogP contribution in [-0.2, 0) is 0 Å². The number of nitrogens with two attached hydrogens (primary N) is 2. The molecule has 0 aliphatic heterocycles. The van der Waals surface area contributed by atoms with Gasteiger partial charge >= 0.3 is 0 Å². The van der Waals surface area contributed by atoms with E-state index >= 15 is 0 Å². The zero-order valence-corrected chi connectivity index (χ0v) is 10.0. The van der Waals surface area contributed by atoms with Gasteiger partial charge in [-0.1, -0.05) is 23.8 Å². The molecule has 0 radical (unpaired) electrons. The second-order valence-corrected chi connectivity index (χ2v) is 4.00. The Morgan fingerprint density at radius 3 is 2.39 bits per heavy atom. The van der Waals surface area contributed by atoms with Crippen molar-refractivity contribution in [2.75, 3.05) is 5.73 Å². The summed E-state index contributed by atoms with van der Waals surface area (Å²) in [6.07, 6.45) is 0. The van der Waals surface area contributed by atoms with Gasteiger partial charge in [0.1, 0.15) is 5.75 Å². The van der Waals surface area contributed by atoms with Gasteiger partial charge in [0.05, 0.1) is 11.3 Å². The third-order valence-electron chi connectivity index (χ3n) is 2.58. The smallest absolute Gasteiger partial charge is 0.250 e. The van der Waals surface area contributed by atoms with Gasteiger partial charge in [0.15, 0.2) is 5.75 Å². The maximum atomic E-state index is 11.2. The van der Waals surface area contributed by atoms with Gasteiger partial charge in [-0.3, -0.25) is 4.79 Å². The molecule has 1 amide bonds. The van der Waals surface area contributed by atoms with Crippen LogP contribution in [0, 0.1) is 6.92 Å². The fraction of sp³-hybridized carbons (Fsp3) is 0.0714. The van der Waals surface area contributed by atoms with E-state index in [4.69, 9.17) is 16.2 Å². The van der Waals surface area contributed by atoms with Crippen molar-refractivity contribution < 1.29 is 9.53 Å². The van der Waals surface area contributed by atoms with Gasteiger partial charge in [-0.25, -0.2) is 0 Å². The maximum absolute atomic E-state index is 11.2. The Bertz CT molecular complexity index is 577. The van der Waals surface area contributed by atoms with Gasteiger partial charge in [0.2, 0.25) is 0 Å². The predicted molar refractivity (Wildman–Crippen MR) is 70.6 cm³/mol. The zero-order valence-electron chi connectivity index (χ0n) is 10.0. The van der Waals surface area contributed by atoms with E-state index in [2.05, 4.69) is 0 Å². The fourth-order valence-corrected chi connectivity index (χ4v) is 1.58. The van der Waals surface area contributed by atoms with E-state index in [-0.39, 0.29) is 11.3 Å². The van der Waals surface area contributed by atoms with Gasteiger partial charge in [-0.2, -0.15) is 0 Å². The average molecular weight is 242 g/mol. The summed E-state index contributed by atoms with van der Waals surface area (Å²) in [6, 6.07) is 12.5. The van der Waals surface area contributed by atoms with Crippen molar-refractivity contribution >= 4 is 11.6 Å². The molecule has 4 nitrogen and oxygen atoms in total. The first-order chi connectivity index (χ1) is 8.58. The highest BCUT2D eigenvalue weighted by Crippen LogP contribution is 2.29. The van der Waals surface area contributed by atoms with Crippen LogP contribution in [0.4, 0.5) is 5.69 Å². The quantitative estimate of drug-likeness (QED) is 0.811. The number of aryl methyl sites for hydroxylation is 1. The van der Waals surface area contributed by atoms with Gasteiger partial charge in [0.25, 0.3) is 5.91 Å². The number of carbonyl (C=O) groups excluding carboxylic acids is 1. The molecule has 0 saturated carbocycles. The molecular weight excluding hydrogens is 228 g/mol. The van der Waals surface area contributed by atoms with Gasteiger partial charge < -0.3 is 16.2 Å². The van der Waals surface area contributed by atoms with E-state index in [9.17, 15) is 4.79 Å². The summed E-state index contributed by atoms with van der Waals surface area (Å²) < 4.78 is 5.62. The Hall–Kier alpha value is -2.49. The molecule has 0 unspecified atom stereocenters. The monoisotopic (exact) mass is 242 g/mol. The molecule has 0 bridgehead atoms. The second-order valence-electron chi connectivity index (χ2n) is 4.00. The number of primary amides is 1. The van der Waals surface area contributed by atoms with Crippen molar-refractivity contribution in [3.05, 3.63) is 53.6 Å². The van der Waals surface area contributed by atoms with Crippen molar-refractivity contribution in [3.63, 3.8) is 0 Å². The Labute approximate surface area is 105 Å². The van der Waals surface area contributed by atoms with Crippen molar-refractivity contribution in [1.82, 2.24) is 0 Å². The lowest BCUT2D eigenvalue weighted by atomic mass is 10.1. The molecule has 4 N–H and O–H groups in total. The Balaban J connectivity index is 2.32. The molecule has 0 fully saturated rings. The minimum atomic E-state index is -0.568. The third-order valence-corrected chi connectivity index (χ3v) is 2.58. The Morgan fingerprint density at radius 1 is 1.11 bits per heavy atom. The summed E-state index contributed by atoms with van der Waals surface area (Å²) in [4.78, 5) is 11.2. The number of carbonyl (C=O) groups is 1. The number of rotatable bonds is 3. The van der Waals surface area contributed by atoms with E-state index in [1.54, 1.807) is 18.2 Å². The third kappa shape index (κ3) is 2.43. The number of hydrogen-bond donors (Lipinski definition) is 2. The highest BCUT2D eigenvalue weighted by atomic mass is 16.5. The first kappa shape index (κ1) is 12.0. The summed E-state index contributed by atoms with van der Waals surface area (Å²) in [7, 11) is 0. The molecule has 18 heavy (non-hydrogen) atoms. The molecule has 0 spiro atoms. The largest absolute Gasteiger partial charge is 0.455 e. The highest BCUT2D eigenvalue weighted by Gasteiger charge is 2.10. The molecule has 92 valence electrons. The van der Waals surface area contributed by atoms with Crippen molar-refractivity contribution in [1.29, 1.82) is 0 Å². The summed E-state index contributed by atoms with van der Waals surface area (Å²) in [5, 5.41) is 0. The topological polar surface area (TPSA) is 78.3 Å². The molecule has 0 aliphatic carbocycles. The molecule has 0 saturated heterocycles. The minimum Gasteiger partial charge on any atom is -0.455 e. The van der Waals surface area contributed by atoms with E-state index in [0.29, 0.717) is 11.5 Å². The maximum Gasteiger partial charge on any atom is 0.250 e. The molecule has 0 heterocycles. The number of benzene rings is 2. The number of para-hydroxylation sites is 1. The normalized spacial score (nSPS) is 10.1. The van der Waals surface area contributed by atoms with Crippen LogP contribution in [-0.4, -0.2) is 5.91 Å². The van der Waals surface area contributed by atoms with Crippen LogP contribution in [0.25, 0.3) is 0 Å². The SMILES string of the molecule is Cc1ccc(Oc2cccc(C(N)=O)c2N)cc1. The zero-order chi connectivity index (χ0) is 13.1. The number of amides is 1. The number of anilines is 1. The predicted octanol–water partition coefficient (Wildman–Crippen LogP) is 2.47. The number of nitrogen functional groups attached to an aromatic ring is 1. The fourth-order valence-electron chi connectivity index (χ4n) is 1.58. The lowest BCUT2D eigenvalue weighted by Gasteiger charge is -2.10. The van der Waals surface area contributed by atoms with E-state index < -0.39 is 5.91 Å². The number of hydrogen-bond acceptors (Lipinski definition) is 3. The van der Waals surface area contributed by atoms with Crippen LogP contribution in [0.5, 0.6) is 11.5 Å². The molecule has 0 aromatic heterocycles. The highest BCUT2D eigenvalue weighted by molar-refractivity contribution is 5.99. The van der Waals surface area contributed by atoms with Gasteiger partial charge in [-0.15, -0.1) is 0 Å². The standard InChI is InChI=1S/C14H14N2O2/c1-9-5-7-10(8-6-9)18-12-4-2-3-11(13(12)15)14(16)17/h2-8H,15H2,1H3,(H2,16,17). The van der Waals surface area contributed by atoms with E-state index in [1.165, 1.54) is 0 Å². The average Bonchev–Trinajstić information content (AvgIpc) is 2.34. The summed E-state index contributed by atoms with van der Waals surface area (Å²) in [5.41, 5.74) is 12.7. The first-order valence-electron chi connectivity index (χ1n) is 5.51. The molecule has 2 rings (SSSR count). The van der Waals surface area contributed by atoms with Crippen molar-refractivity contribution in [2.45, 2.75) is 6.92 Å². The molecule has 0 aliphatic rings. The van der Waals surface area contributed by atoms with Crippen LogP contribution in [0.2, 0.25) is 0 Å². The summed E-state index contributed by atoms with van der Waals surface area (Å²) >= 11 is 0. The van der Waals surface area contributed by atoms with Crippen LogP contribution < -0.4 is 16.2 Å². The minimum absolute atomic E-state index is 0.255. The van der Waals surface area contributed by atoms with Crippen LogP contribution in [0.1, 0.15) is 15.9 Å². The summed E-state index contributed by atoms with van der Waals surface area (Å²) in [6.45, 7) is 1.99. The molecule has 4 heteroatoms. The molecular formula is C14H14N2O2. The van der Waals surface area contributed by atoms with Gasteiger partial charge in [-0.05, 0) is 31.2 Å². The molecule has 0 atom stereocenters. The first-order valence-corrected chi connectivity index (χ1v) is 5.51. The summed E-state index contributed by atoms with van der Waals surface area (Å²) in [5.74, 6) is 0.519. The lowest BCUT2D eigenvalue weighted by Crippen LogP contribution is -2.13.